The van der Waals surface area contributed by atoms with Gasteiger partial charge < -0.3 is 14.8 Å². The number of amides is 1. The highest BCUT2D eigenvalue weighted by molar-refractivity contribution is 5.94. The highest BCUT2D eigenvalue weighted by Gasteiger charge is 2.16. The van der Waals surface area contributed by atoms with Crippen LogP contribution in [0.3, 0.4) is 0 Å². The Kier molecular flexibility index (Phi) is 6.01. The summed E-state index contributed by atoms with van der Waals surface area (Å²) in [6, 6.07) is 13.0. The summed E-state index contributed by atoms with van der Waals surface area (Å²) in [5.74, 6) is 1.19. The van der Waals surface area contributed by atoms with Crippen LogP contribution in [0.1, 0.15) is 18.1 Å². The molecule has 4 heteroatoms. The van der Waals surface area contributed by atoms with E-state index in [9.17, 15) is 4.79 Å². The number of carbonyl (C=O) groups excluding carboxylic acids is 1. The number of benzene rings is 2. The first-order valence-corrected chi connectivity index (χ1v) is 7.88. The first-order chi connectivity index (χ1) is 11.5. The molecule has 0 aliphatic carbocycles. The van der Waals surface area contributed by atoms with Crippen molar-refractivity contribution in [3.05, 3.63) is 66.2 Å². The van der Waals surface area contributed by atoms with Crippen molar-refractivity contribution in [3.63, 3.8) is 0 Å². The Bertz CT molecular complexity index is 725. The van der Waals surface area contributed by atoms with E-state index >= 15 is 0 Å². The number of anilines is 1. The van der Waals surface area contributed by atoms with E-state index in [-0.39, 0.29) is 5.91 Å². The summed E-state index contributed by atoms with van der Waals surface area (Å²) in [5, 5.41) is 2.84. The van der Waals surface area contributed by atoms with Gasteiger partial charge in [-0.25, -0.2) is 0 Å². The van der Waals surface area contributed by atoms with Crippen LogP contribution >= 0.6 is 0 Å². The van der Waals surface area contributed by atoms with Gasteiger partial charge in [0.05, 0.1) is 0 Å². The van der Waals surface area contributed by atoms with E-state index in [1.165, 1.54) is 0 Å². The molecule has 4 nitrogen and oxygen atoms in total. The van der Waals surface area contributed by atoms with Crippen LogP contribution in [0.15, 0.2) is 55.1 Å². The SMILES string of the molecule is C=CCOc1cccc(NC(=O)[C@@H](C)Oc2cccc(C)c2C)c1. The second-order valence-electron chi connectivity index (χ2n) is 5.57. The van der Waals surface area contributed by atoms with Crippen LogP contribution < -0.4 is 14.8 Å². The Balaban J connectivity index is 2.01. The van der Waals surface area contributed by atoms with Gasteiger partial charge in [-0.3, -0.25) is 4.79 Å². The van der Waals surface area contributed by atoms with Crippen LogP contribution in [0, 0.1) is 13.8 Å². The average Bonchev–Trinajstić information content (AvgIpc) is 2.57. The van der Waals surface area contributed by atoms with Crippen molar-refractivity contribution in [1.82, 2.24) is 0 Å². The maximum Gasteiger partial charge on any atom is 0.265 e. The van der Waals surface area contributed by atoms with E-state index in [2.05, 4.69) is 11.9 Å². The van der Waals surface area contributed by atoms with Crippen molar-refractivity contribution in [1.29, 1.82) is 0 Å². The van der Waals surface area contributed by atoms with Gasteiger partial charge in [0, 0.05) is 11.8 Å². The van der Waals surface area contributed by atoms with E-state index in [0.29, 0.717) is 18.0 Å². The molecule has 0 unspecified atom stereocenters. The largest absolute Gasteiger partial charge is 0.489 e. The van der Waals surface area contributed by atoms with E-state index < -0.39 is 6.10 Å². The lowest BCUT2D eigenvalue weighted by Gasteiger charge is -2.17. The number of hydrogen-bond donors (Lipinski definition) is 1. The number of carbonyl (C=O) groups is 1. The summed E-state index contributed by atoms with van der Waals surface area (Å²) in [7, 11) is 0. The van der Waals surface area contributed by atoms with Crippen molar-refractivity contribution in [3.8, 4) is 11.5 Å². The normalized spacial score (nSPS) is 11.5. The molecular weight excluding hydrogens is 302 g/mol. The molecule has 0 saturated heterocycles. The minimum atomic E-state index is -0.608. The van der Waals surface area contributed by atoms with Gasteiger partial charge in [0.15, 0.2) is 6.10 Å². The molecule has 0 radical (unpaired) electrons. The zero-order valence-corrected chi connectivity index (χ0v) is 14.3. The van der Waals surface area contributed by atoms with Crippen LogP contribution in [0.4, 0.5) is 5.69 Å². The fourth-order valence-electron chi connectivity index (χ4n) is 2.16. The zero-order chi connectivity index (χ0) is 17.5. The molecule has 1 atom stereocenters. The highest BCUT2D eigenvalue weighted by Crippen LogP contribution is 2.22. The molecule has 2 aromatic rings. The number of nitrogens with one attached hydrogen (secondary N) is 1. The molecule has 2 rings (SSSR count). The molecule has 0 heterocycles. The molecule has 1 amide bonds. The number of hydrogen-bond acceptors (Lipinski definition) is 3. The van der Waals surface area contributed by atoms with Gasteiger partial charge in [0.2, 0.25) is 0 Å². The summed E-state index contributed by atoms with van der Waals surface area (Å²) in [4.78, 5) is 12.3. The van der Waals surface area contributed by atoms with Crippen LogP contribution in [0.25, 0.3) is 0 Å². The lowest BCUT2D eigenvalue weighted by Crippen LogP contribution is -2.30. The Hall–Kier alpha value is -2.75. The highest BCUT2D eigenvalue weighted by atomic mass is 16.5. The molecule has 2 aromatic carbocycles. The molecule has 0 aromatic heterocycles. The lowest BCUT2D eigenvalue weighted by molar-refractivity contribution is -0.122. The van der Waals surface area contributed by atoms with E-state index in [4.69, 9.17) is 9.47 Å². The molecule has 0 bridgehead atoms. The van der Waals surface area contributed by atoms with Gasteiger partial charge in [0.1, 0.15) is 18.1 Å². The average molecular weight is 325 g/mol. The number of aryl methyl sites for hydroxylation is 1. The van der Waals surface area contributed by atoms with Crippen molar-refractivity contribution in [2.75, 3.05) is 11.9 Å². The molecule has 24 heavy (non-hydrogen) atoms. The quantitative estimate of drug-likeness (QED) is 0.773. The fourth-order valence-corrected chi connectivity index (χ4v) is 2.16. The van der Waals surface area contributed by atoms with Crippen molar-refractivity contribution < 1.29 is 14.3 Å². The molecule has 0 spiro atoms. The van der Waals surface area contributed by atoms with E-state index in [0.717, 1.165) is 16.9 Å². The molecule has 0 aliphatic heterocycles. The number of ether oxygens (including phenoxy) is 2. The predicted octanol–water partition coefficient (Wildman–Crippen LogP) is 4.27. The monoisotopic (exact) mass is 325 g/mol. The van der Waals surface area contributed by atoms with Crippen LogP contribution in [-0.2, 0) is 4.79 Å². The van der Waals surface area contributed by atoms with E-state index in [1.54, 1.807) is 19.1 Å². The molecule has 0 saturated carbocycles. The van der Waals surface area contributed by atoms with Crippen LogP contribution in [-0.4, -0.2) is 18.6 Å². The third-order valence-corrected chi connectivity index (χ3v) is 3.70. The minimum Gasteiger partial charge on any atom is -0.489 e. The molecular formula is C20H23NO3. The first kappa shape index (κ1) is 17.6. The fraction of sp³-hybridized carbons (Fsp3) is 0.250. The Morgan fingerprint density at radius 1 is 1.25 bits per heavy atom. The summed E-state index contributed by atoms with van der Waals surface area (Å²) < 4.78 is 11.3. The Labute approximate surface area is 143 Å². The zero-order valence-electron chi connectivity index (χ0n) is 14.3. The second-order valence-corrected chi connectivity index (χ2v) is 5.57. The lowest BCUT2D eigenvalue weighted by atomic mass is 10.1. The van der Waals surface area contributed by atoms with Gasteiger partial charge in [-0.1, -0.05) is 30.9 Å². The summed E-state index contributed by atoms with van der Waals surface area (Å²) in [6.07, 6.45) is 1.06. The number of rotatable bonds is 7. The topological polar surface area (TPSA) is 47.6 Å². The van der Waals surface area contributed by atoms with Gasteiger partial charge in [-0.05, 0) is 50.1 Å². The van der Waals surface area contributed by atoms with Gasteiger partial charge >= 0.3 is 0 Å². The van der Waals surface area contributed by atoms with Crippen molar-refractivity contribution in [2.45, 2.75) is 26.9 Å². The Morgan fingerprint density at radius 2 is 2.00 bits per heavy atom. The van der Waals surface area contributed by atoms with Crippen LogP contribution in [0.2, 0.25) is 0 Å². The Morgan fingerprint density at radius 3 is 2.75 bits per heavy atom. The summed E-state index contributed by atoms with van der Waals surface area (Å²) >= 11 is 0. The molecule has 1 N–H and O–H groups in total. The van der Waals surface area contributed by atoms with Gasteiger partial charge in [0.25, 0.3) is 5.91 Å². The maximum atomic E-state index is 12.3. The second kappa shape index (κ2) is 8.20. The standard InChI is InChI=1S/C20H23NO3/c1-5-12-23-18-10-7-9-17(13-18)21-20(22)16(4)24-19-11-6-8-14(2)15(19)3/h5-11,13,16H,1,12H2,2-4H3,(H,21,22)/t16-/m1/s1. The third-order valence-electron chi connectivity index (χ3n) is 3.70. The van der Waals surface area contributed by atoms with E-state index in [1.807, 2.05) is 50.2 Å². The summed E-state index contributed by atoms with van der Waals surface area (Å²) in [6.45, 7) is 9.76. The third kappa shape index (κ3) is 4.62. The van der Waals surface area contributed by atoms with Crippen molar-refractivity contribution >= 4 is 11.6 Å². The summed E-state index contributed by atoms with van der Waals surface area (Å²) in [5.41, 5.74) is 2.84. The van der Waals surface area contributed by atoms with Gasteiger partial charge in [-0.2, -0.15) is 0 Å². The maximum absolute atomic E-state index is 12.3. The predicted molar refractivity (Wildman–Crippen MR) is 96.8 cm³/mol. The smallest absolute Gasteiger partial charge is 0.265 e. The first-order valence-electron chi connectivity index (χ1n) is 7.88. The van der Waals surface area contributed by atoms with Crippen LogP contribution in [0.5, 0.6) is 11.5 Å². The van der Waals surface area contributed by atoms with Gasteiger partial charge in [-0.15, -0.1) is 0 Å². The molecule has 0 fully saturated rings. The molecule has 126 valence electrons. The van der Waals surface area contributed by atoms with Crippen molar-refractivity contribution in [2.24, 2.45) is 0 Å². The minimum absolute atomic E-state index is 0.211. The molecule has 0 aliphatic rings.